The summed E-state index contributed by atoms with van der Waals surface area (Å²) in [6, 6.07) is 16.9. The molecule has 0 aliphatic carbocycles. The Kier molecular flexibility index (Phi) is 7.19. The van der Waals surface area contributed by atoms with E-state index in [1.165, 1.54) is 37.1 Å². The number of rotatable bonds is 8. The van der Waals surface area contributed by atoms with E-state index in [1.54, 1.807) is 12.1 Å². The topological polar surface area (TPSA) is 84.5 Å². The molecule has 0 bridgehead atoms. The molecule has 3 rings (SSSR count). The molecule has 162 valence electrons. The second-order valence-electron chi connectivity index (χ2n) is 6.58. The van der Waals surface area contributed by atoms with E-state index in [0.29, 0.717) is 5.69 Å². The van der Waals surface area contributed by atoms with E-state index < -0.39 is 15.8 Å². The fraction of sp³-hybridized carbons (Fsp3) is 0.136. The molecule has 0 fully saturated rings. The van der Waals surface area contributed by atoms with E-state index in [9.17, 15) is 17.6 Å². The standard InChI is InChI=1S/C22H21FN2O4S2/c1-15-5-3-4-6-21(15)30-14-22(26)24-17-9-12-20(29-2)19(13-17)25-31(27,28)18-10-7-16(23)8-11-18/h3-13,25H,14H2,1-2H3,(H,24,26). The molecule has 0 radical (unpaired) electrons. The number of carbonyl (C=O) groups excluding carboxylic acids is 1. The molecule has 2 N–H and O–H groups in total. The van der Waals surface area contributed by atoms with Crippen molar-refractivity contribution in [2.24, 2.45) is 0 Å². The van der Waals surface area contributed by atoms with Crippen LogP contribution in [0.3, 0.4) is 0 Å². The van der Waals surface area contributed by atoms with Crippen LogP contribution in [0.1, 0.15) is 5.56 Å². The van der Waals surface area contributed by atoms with Crippen molar-refractivity contribution in [3.05, 3.63) is 78.1 Å². The Bertz CT molecular complexity index is 1180. The van der Waals surface area contributed by atoms with Crippen molar-refractivity contribution in [1.29, 1.82) is 0 Å². The van der Waals surface area contributed by atoms with Gasteiger partial charge in [-0.05, 0) is 61.0 Å². The number of halogens is 1. The number of sulfonamides is 1. The van der Waals surface area contributed by atoms with E-state index in [0.717, 1.165) is 22.6 Å². The third-order valence-electron chi connectivity index (χ3n) is 4.30. The lowest BCUT2D eigenvalue weighted by Gasteiger charge is -2.14. The van der Waals surface area contributed by atoms with Gasteiger partial charge in [-0.3, -0.25) is 9.52 Å². The zero-order valence-electron chi connectivity index (χ0n) is 16.9. The monoisotopic (exact) mass is 460 g/mol. The molecule has 0 saturated heterocycles. The van der Waals surface area contributed by atoms with Crippen LogP contribution in [0.15, 0.2) is 76.5 Å². The summed E-state index contributed by atoms with van der Waals surface area (Å²) in [6.07, 6.45) is 0. The fourth-order valence-corrected chi connectivity index (χ4v) is 4.63. The molecular weight excluding hydrogens is 439 g/mol. The van der Waals surface area contributed by atoms with Crippen LogP contribution in [-0.4, -0.2) is 27.2 Å². The highest BCUT2D eigenvalue weighted by molar-refractivity contribution is 8.00. The number of methoxy groups -OCH3 is 1. The van der Waals surface area contributed by atoms with Gasteiger partial charge in [0.25, 0.3) is 10.0 Å². The first-order chi connectivity index (χ1) is 14.8. The Balaban J connectivity index is 1.73. The highest BCUT2D eigenvalue weighted by Crippen LogP contribution is 2.30. The molecule has 0 saturated carbocycles. The predicted octanol–water partition coefficient (Wildman–Crippen LogP) is 4.67. The Hall–Kier alpha value is -3.04. The van der Waals surface area contributed by atoms with E-state index in [-0.39, 0.29) is 28.0 Å². The van der Waals surface area contributed by atoms with E-state index in [1.807, 2.05) is 31.2 Å². The van der Waals surface area contributed by atoms with Crippen molar-refractivity contribution in [3.63, 3.8) is 0 Å². The number of anilines is 2. The van der Waals surface area contributed by atoms with Gasteiger partial charge in [0.1, 0.15) is 11.6 Å². The lowest BCUT2D eigenvalue weighted by atomic mass is 10.2. The van der Waals surface area contributed by atoms with Crippen LogP contribution < -0.4 is 14.8 Å². The lowest BCUT2D eigenvalue weighted by Crippen LogP contribution is -2.16. The third kappa shape index (κ3) is 5.99. The molecule has 0 atom stereocenters. The van der Waals surface area contributed by atoms with Gasteiger partial charge in [0.15, 0.2) is 0 Å². The maximum atomic E-state index is 13.1. The Morgan fingerprint density at radius 3 is 2.45 bits per heavy atom. The van der Waals surface area contributed by atoms with Crippen LogP contribution in [0.2, 0.25) is 0 Å². The summed E-state index contributed by atoms with van der Waals surface area (Å²) < 4.78 is 46.0. The third-order valence-corrected chi connectivity index (χ3v) is 6.86. The number of nitrogens with one attached hydrogen (secondary N) is 2. The summed E-state index contributed by atoms with van der Waals surface area (Å²) in [5, 5.41) is 2.76. The minimum absolute atomic E-state index is 0.0972. The predicted molar refractivity (Wildman–Crippen MR) is 121 cm³/mol. The van der Waals surface area contributed by atoms with Gasteiger partial charge in [0.2, 0.25) is 5.91 Å². The van der Waals surface area contributed by atoms with Gasteiger partial charge in [0, 0.05) is 10.6 Å². The molecule has 0 aliphatic heterocycles. The average Bonchev–Trinajstić information content (AvgIpc) is 2.73. The normalized spacial score (nSPS) is 11.1. The first-order valence-electron chi connectivity index (χ1n) is 9.23. The number of aryl methyl sites for hydroxylation is 1. The van der Waals surface area contributed by atoms with Gasteiger partial charge >= 0.3 is 0 Å². The quantitative estimate of drug-likeness (QED) is 0.477. The molecule has 6 nitrogen and oxygen atoms in total. The summed E-state index contributed by atoms with van der Waals surface area (Å²) in [4.78, 5) is 13.3. The number of hydrogen-bond acceptors (Lipinski definition) is 5. The first-order valence-corrected chi connectivity index (χ1v) is 11.7. The molecule has 9 heteroatoms. The Morgan fingerprint density at radius 1 is 1.06 bits per heavy atom. The van der Waals surface area contributed by atoms with Gasteiger partial charge in [-0.25, -0.2) is 12.8 Å². The first kappa shape index (κ1) is 22.6. The SMILES string of the molecule is COc1ccc(NC(=O)CSc2ccccc2C)cc1NS(=O)(=O)c1ccc(F)cc1. The van der Waals surface area contributed by atoms with Crippen molar-refractivity contribution >= 4 is 39.1 Å². The lowest BCUT2D eigenvalue weighted by molar-refractivity contribution is -0.113. The largest absolute Gasteiger partial charge is 0.495 e. The van der Waals surface area contributed by atoms with E-state index >= 15 is 0 Å². The maximum absolute atomic E-state index is 13.1. The smallest absolute Gasteiger partial charge is 0.262 e. The maximum Gasteiger partial charge on any atom is 0.262 e. The van der Waals surface area contributed by atoms with Crippen LogP contribution in [0.25, 0.3) is 0 Å². The second-order valence-corrected chi connectivity index (χ2v) is 9.28. The molecule has 0 unspecified atom stereocenters. The molecule has 31 heavy (non-hydrogen) atoms. The van der Waals surface area contributed by atoms with E-state index in [2.05, 4.69) is 10.0 Å². The molecular formula is C22H21FN2O4S2. The zero-order chi connectivity index (χ0) is 22.4. The Labute approximate surface area is 184 Å². The minimum atomic E-state index is -3.97. The average molecular weight is 461 g/mol. The molecule has 0 spiro atoms. The van der Waals surface area contributed by atoms with Gasteiger partial charge in [-0.15, -0.1) is 11.8 Å². The molecule has 0 heterocycles. The van der Waals surface area contributed by atoms with E-state index in [4.69, 9.17) is 4.74 Å². The molecule has 1 amide bonds. The van der Waals surface area contributed by atoms with Crippen LogP contribution >= 0.6 is 11.8 Å². The number of ether oxygens (including phenoxy) is 1. The summed E-state index contributed by atoms with van der Waals surface area (Å²) in [5.74, 6) is -0.290. The van der Waals surface area contributed by atoms with Gasteiger partial charge in [-0.1, -0.05) is 18.2 Å². The number of amides is 1. The molecule has 0 aliphatic rings. The number of carbonyl (C=O) groups is 1. The van der Waals surface area contributed by atoms with Crippen LogP contribution in [0.4, 0.5) is 15.8 Å². The number of thioether (sulfide) groups is 1. The second kappa shape index (κ2) is 9.84. The number of benzene rings is 3. The van der Waals surface area contributed by atoms with Crippen LogP contribution in [0, 0.1) is 12.7 Å². The minimum Gasteiger partial charge on any atom is -0.495 e. The zero-order valence-corrected chi connectivity index (χ0v) is 18.5. The van der Waals surface area contributed by atoms with Gasteiger partial charge in [0.05, 0.1) is 23.4 Å². The van der Waals surface area contributed by atoms with Crippen LogP contribution in [-0.2, 0) is 14.8 Å². The van der Waals surface area contributed by atoms with Crippen molar-refractivity contribution in [2.75, 3.05) is 22.9 Å². The van der Waals surface area contributed by atoms with Gasteiger partial charge in [-0.2, -0.15) is 0 Å². The van der Waals surface area contributed by atoms with Crippen molar-refractivity contribution < 1.29 is 22.3 Å². The van der Waals surface area contributed by atoms with Crippen molar-refractivity contribution in [1.82, 2.24) is 0 Å². The summed E-state index contributed by atoms with van der Waals surface area (Å²) in [5.41, 5.74) is 1.64. The molecule has 3 aromatic rings. The fourth-order valence-electron chi connectivity index (χ4n) is 2.74. The molecule has 0 aromatic heterocycles. The van der Waals surface area contributed by atoms with Crippen molar-refractivity contribution in [3.8, 4) is 5.75 Å². The van der Waals surface area contributed by atoms with Crippen LogP contribution in [0.5, 0.6) is 5.75 Å². The van der Waals surface area contributed by atoms with Crippen molar-refractivity contribution in [2.45, 2.75) is 16.7 Å². The highest BCUT2D eigenvalue weighted by Gasteiger charge is 2.17. The Morgan fingerprint density at radius 2 is 1.77 bits per heavy atom. The highest BCUT2D eigenvalue weighted by atomic mass is 32.2. The molecule has 3 aromatic carbocycles. The number of hydrogen-bond donors (Lipinski definition) is 2. The summed E-state index contributed by atoms with van der Waals surface area (Å²) in [6.45, 7) is 1.98. The summed E-state index contributed by atoms with van der Waals surface area (Å²) >= 11 is 1.42. The summed E-state index contributed by atoms with van der Waals surface area (Å²) in [7, 11) is -2.57. The van der Waals surface area contributed by atoms with Gasteiger partial charge < -0.3 is 10.1 Å².